The first-order valence-electron chi connectivity index (χ1n) is 5.96. The minimum atomic E-state index is 0.358. The Hall–Kier alpha value is -1.13. The molecular weight excluding hydrogens is 232 g/mol. The van der Waals surface area contributed by atoms with Crippen LogP contribution in [-0.2, 0) is 0 Å². The summed E-state index contributed by atoms with van der Waals surface area (Å²) in [6.07, 6.45) is 4.80. The lowest BCUT2D eigenvalue weighted by Crippen LogP contribution is -2.18. The highest BCUT2D eigenvalue weighted by molar-refractivity contribution is 7.15. The molecule has 2 aromatic rings. The molecule has 0 radical (unpaired) electrons. The summed E-state index contributed by atoms with van der Waals surface area (Å²) in [7, 11) is 0. The van der Waals surface area contributed by atoms with Crippen LogP contribution < -0.4 is 5.32 Å². The van der Waals surface area contributed by atoms with E-state index in [4.69, 9.17) is 4.42 Å². The Kier molecular flexibility index (Phi) is 3.97. The molecule has 0 bridgehead atoms. The summed E-state index contributed by atoms with van der Waals surface area (Å²) in [4.78, 5) is 5.69. The molecule has 1 unspecified atom stereocenters. The van der Waals surface area contributed by atoms with Gasteiger partial charge in [-0.15, -0.1) is 11.3 Å². The maximum Gasteiger partial charge on any atom is 0.165 e. The first kappa shape index (κ1) is 12.3. The largest absolute Gasteiger partial charge is 0.462 e. The Morgan fingerprint density at radius 2 is 2.35 bits per heavy atom. The quantitative estimate of drug-likeness (QED) is 0.877. The van der Waals surface area contributed by atoms with Crippen LogP contribution in [0.4, 0.5) is 0 Å². The van der Waals surface area contributed by atoms with Gasteiger partial charge in [0.1, 0.15) is 0 Å². The number of thiazole rings is 1. The lowest BCUT2D eigenvalue weighted by Gasteiger charge is -2.09. The van der Waals surface area contributed by atoms with Gasteiger partial charge in [-0.05, 0) is 38.4 Å². The van der Waals surface area contributed by atoms with Gasteiger partial charge < -0.3 is 9.73 Å². The molecular formula is C13H18N2OS. The zero-order valence-corrected chi connectivity index (χ0v) is 11.3. The van der Waals surface area contributed by atoms with Crippen LogP contribution in [-0.4, -0.2) is 11.5 Å². The molecule has 0 saturated carbocycles. The van der Waals surface area contributed by atoms with Gasteiger partial charge in [0.05, 0.1) is 6.26 Å². The normalized spacial score (nSPS) is 12.9. The number of hydrogen-bond acceptors (Lipinski definition) is 4. The topological polar surface area (TPSA) is 38.1 Å². The number of hydrogen-bond donors (Lipinski definition) is 1. The average molecular weight is 250 g/mol. The van der Waals surface area contributed by atoms with Gasteiger partial charge in [-0.25, -0.2) is 4.98 Å². The molecule has 0 spiro atoms. The molecule has 0 saturated heterocycles. The molecule has 3 nitrogen and oxygen atoms in total. The predicted molar refractivity (Wildman–Crippen MR) is 71.3 cm³/mol. The molecule has 92 valence electrons. The number of aromatic nitrogens is 1. The summed E-state index contributed by atoms with van der Waals surface area (Å²) in [5.74, 6) is 0.893. The van der Waals surface area contributed by atoms with Crippen LogP contribution in [0, 0.1) is 6.92 Å². The summed E-state index contributed by atoms with van der Waals surface area (Å²) in [6, 6.07) is 2.33. The highest BCUT2D eigenvalue weighted by Crippen LogP contribution is 2.31. The third kappa shape index (κ3) is 2.76. The zero-order valence-electron chi connectivity index (χ0n) is 10.5. The van der Waals surface area contributed by atoms with Crippen molar-refractivity contribution in [2.24, 2.45) is 0 Å². The van der Waals surface area contributed by atoms with E-state index in [0.717, 1.165) is 29.3 Å². The van der Waals surface area contributed by atoms with E-state index in [-0.39, 0.29) is 0 Å². The van der Waals surface area contributed by atoms with Crippen molar-refractivity contribution in [2.45, 2.75) is 33.2 Å². The van der Waals surface area contributed by atoms with Crippen LogP contribution >= 0.6 is 11.3 Å². The fourth-order valence-electron chi connectivity index (χ4n) is 1.65. The van der Waals surface area contributed by atoms with Crippen LogP contribution in [0.5, 0.6) is 0 Å². The number of nitrogens with one attached hydrogen (secondary N) is 1. The van der Waals surface area contributed by atoms with Crippen molar-refractivity contribution in [3.8, 4) is 10.8 Å². The summed E-state index contributed by atoms with van der Waals surface area (Å²) in [6.45, 7) is 7.42. The van der Waals surface area contributed by atoms with Gasteiger partial charge in [0, 0.05) is 17.1 Å². The van der Waals surface area contributed by atoms with Crippen molar-refractivity contribution in [3.05, 3.63) is 29.0 Å². The van der Waals surface area contributed by atoms with Gasteiger partial charge in [-0.1, -0.05) is 6.92 Å². The van der Waals surface area contributed by atoms with Crippen molar-refractivity contribution < 1.29 is 4.42 Å². The Labute approximate surface area is 106 Å². The highest BCUT2D eigenvalue weighted by Gasteiger charge is 2.13. The van der Waals surface area contributed by atoms with Crippen molar-refractivity contribution in [1.29, 1.82) is 0 Å². The van der Waals surface area contributed by atoms with E-state index in [1.807, 2.05) is 19.2 Å². The number of rotatable bonds is 5. The molecule has 4 heteroatoms. The SMILES string of the molecule is CCCNC(C)c1cnc(-c2occc2C)s1. The molecule has 1 N–H and O–H groups in total. The van der Waals surface area contributed by atoms with Crippen molar-refractivity contribution in [2.75, 3.05) is 6.54 Å². The molecule has 2 rings (SSSR count). The van der Waals surface area contributed by atoms with E-state index in [1.54, 1.807) is 17.6 Å². The number of aryl methyl sites for hydroxylation is 1. The van der Waals surface area contributed by atoms with E-state index in [0.29, 0.717) is 6.04 Å². The van der Waals surface area contributed by atoms with E-state index in [2.05, 4.69) is 24.1 Å². The molecule has 2 heterocycles. The van der Waals surface area contributed by atoms with Crippen LogP contribution in [0.15, 0.2) is 22.9 Å². The van der Waals surface area contributed by atoms with Crippen LogP contribution in [0.2, 0.25) is 0 Å². The molecule has 0 amide bonds. The standard InChI is InChI=1S/C13H18N2OS/c1-4-6-14-10(3)11-8-15-13(17-11)12-9(2)5-7-16-12/h5,7-8,10,14H,4,6H2,1-3H3. The van der Waals surface area contributed by atoms with Gasteiger partial charge in [0.15, 0.2) is 10.8 Å². The zero-order chi connectivity index (χ0) is 12.3. The molecule has 0 fully saturated rings. The Bertz CT molecular complexity index is 475. The van der Waals surface area contributed by atoms with Gasteiger partial charge in [0.2, 0.25) is 0 Å². The smallest absolute Gasteiger partial charge is 0.165 e. The second kappa shape index (κ2) is 5.47. The Morgan fingerprint density at radius 3 is 3.00 bits per heavy atom. The van der Waals surface area contributed by atoms with Gasteiger partial charge in [0.25, 0.3) is 0 Å². The summed E-state index contributed by atoms with van der Waals surface area (Å²) in [5.41, 5.74) is 1.14. The average Bonchev–Trinajstić information content (AvgIpc) is 2.93. The van der Waals surface area contributed by atoms with Gasteiger partial charge in [-0.2, -0.15) is 0 Å². The third-order valence-corrected chi connectivity index (χ3v) is 3.89. The van der Waals surface area contributed by atoms with E-state index < -0.39 is 0 Å². The number of furan rings is 1. The fraction of sp³-hybridized carbons (Fsp3) is 0.462. The van der Waals surface area contributed by atoms with Crippen LogP contribution in [0.3, 0.4) is 0 Å². The monoisotopic (exact) mass is 250 g/mol. The lowest BCUT2D eigenvalue weighted by atomic mass is 10.3. The minimum Gasteiger partial charge on any atom is -0.462 e. The second-order valence-electron chi connectivity index (χ2n) is 4.18. The molecule has 0 aliphatic rings. The number of nitrogens with zero attached hydrogens (tertiary/aromatic N) is 1. The van der Waals surface area contributed by atoms with Crippen molar-refractivity contribution in [1.82, 2.24) is 10.3 Å². The predicted octanol–water partition coefficient (Wildman–Crippen LogP) is 3.77. The van der Waals surface area contributed by atoms with Gasteiger partial charge >= 0.3 is 0 Å². The van der Waals surface area contributed by atoms with Crippen LogP contribution in [0.1, 0.15) is 36.8 Å². The first-order valence-corrected chi connectivity index (χ1v) is 6.77. The summed E-state index contributed by atoms with van der Waals surface area (Å²) >= 11 is 1.70. The van der Waals surface area contributed by atoms with Gasteiger partial charge in [-0.3, -0.25) is 0 Å². The van der Waals surface area contributed by atoms with Crippen molar-refractivity contribution >= 4 is 11.3 Å². The second-order valence-corrected chi connectivity index (χ2v) is 5.24. The summed E-state index contributed by atoms with van der Waals surface area (Å²) in [5, 5.41) is 4.43. The van der Waals surface area contributed by atoms with E-state index >= 15 is 0 Å². The molecule has 0 aromatic carbocycles. The molecule has 2 aromatic heterocycles. The minimum absolute atomic E-state index is 0.358. The maximum atomic E-state index is 5.45. The maximum absolute atomic E-state index is 5.45. The highest BCUT2D eigenvalue weighted by atomic mass is 32.1. The van der Waals surface area contributed by atoms with Crippen molar-refractivity contribution in [3.63, 3.8) is 0 Å². The fourth-order valence-corrected chi connectivity index (χ4v) is 2.64. The lowest BCUT2D eigenvalue weighted by molar-refractivity contribution is 0.577. The van der Waals surface area contributed by atoms with E-state index in [9.17, 15) is 0 Å². The van der Waals surface area contributed by atoms with E-state index in [1.165, 1.54) is 4.88 Å². The molecule has 17 heavy (non-hydrogen) atoms. The van der Waals surface area contributed by atoms with Crippen LogP contribution in [0.25, 0.3) is 10.8 Å². The molecule has 1 atom stereocenters. The Morgan fingerprint density at radius 1 is 1.53 bits per heavy atom. The third-order valence-electron chi connectivity index (χ3n) is 2.71. The molecule has 0 aliphatic heterocycles. The first-order chi connectivity index (χ1) is 8.22. The Balaban J connectivity index is 2.13. The molecule has 0 aliphatic carbocycles. The summed E-state index contributed by atoms with van der Waals surface area (Å²) < 4.78 is 5.45.